The molecular weight excluding hydrogens is 316 g/mol. The number of para-hydroxylation sites is 1. The molecule has 3 rings (SSSR count). The fourth-order valence-electron chi connectivity index (χ4n) is 2.16. The summed E-state index contributed by atoms with van der Waals surface area (Å²) in [4.78, 5) is 39.3. The van der Waals surface area contributed by atoms with Crippen LogP contribution in [-0.4, -0.2) is 34.5 Å². The number of ether oxygens (including phenoxy) is 1. The Bertz CT molecular complexity index is 742. The third-order valence-corrected chi connectivity index (χ3v) is 4.60. The first kappa shape index (κ1) is 15.4. The maximum Gasteiger partial charge on any atom is 0.307 e. The highest BCUT2D eigenvalue weighted by atomic mass is 32.2. The summed E-state index contributed by atoms with van der Waals surface area (Å²) in [5.74, 6) is -1.12. The van der Waals surface area contributed by atoms with Crippen LogP contribution < -0.4 is 5.32 Å². The largest absolute Gasteiger partial charge is 0.457 e. The molecule has 118 valence electrons. The zero-order valence-corrected chi connectivity index (χ0v) is 12.9. The van der Waals surface area contributed by atoms with Crippen LogP contribution in [0.3, 0.4) is 0 Å². The molecule has 0 saturated heterocycles. The predicted octanol–water partition coefficient (Wildman–Crippen LogP) is 2.24. The third kappa shape index (κ3) is 3.62. The Hall–Kier alpha value is -2.54. The number of amides is 1. The van der Waals surface area contributed by atoms with Gasteiger partial charge in [-0.1, -0.05) is 12.1 Å². The summed E-state index contributed by atoms with van der Waals surface area (Å²) >= 11 is 1.32. The molecule has 1 aliphatic heterocycles. The molecule has 0 radical (unpaired) electrons. The molecule has 1 aromatic carbocycles. The monoisotopic (exact) mass is 330 g/mol. The molecule has 2 heterocycles. The van der Waals surface area contributed by atoms with Crippen LogP contribution >= 0.6 is 11.8 Å². The average molecular weight is 330 g/mol. The molecule has 1 atom stereocenters. The van der Waals surface area contributed by atoms with E-state index in [-0.39, 0.29) is 24.7 Å². The quantitative estimate of drug-likeness (QED) is 0.648. The Kier molecular flexibility index (Phi) is 4.47. The zero-order chi connectivity index (χ0) is 16.2. The van der Waals surface area contributed by atoms with Crippen LogP contribution in [0, 0.1) is 0 Å². The SMILES string of the molecule is O=C(C[C@H]1Sc2ccccc2NC1=O)OCC(=O)c1ccc[nH]1. The second-order valence-corrected chi connectivity index (χ2v) is 6.21. The molecule has 0 aliphatic carbocycles. The predicted molar refractivity (Wildman–Crippen MR) is 85.4 cm³/mol. The van der Waals surface area contributed by atoms with E-state index < -0.39 is 11.2 Å². The standard InChI is InChI=1S/C16H14N2O4S/c19-12(10-5-3-7-17-10)9-22-15(20)8-14-16(21)18-11-4-1-2-6-13(11)23-14/h1-7,14,17H,8-9H2,(H,18,21)/t14-/m1/s1. The van der Waals surface area contributed by atoms with Gasteiger partial charge >= 0.3 is 5.97 Å². The Labute approximate surface area is 136 Å². The van der Waals surface area contributed by atoms with Gasteiger partial charge in [0.25, 0.3) is 0 Å². The van der Waals surface area contributed by atoms with Crippen LogP contribution in [0.4, 0.5) is 5.69 Å². The molecule has 1 amide bonds. The summed E-state index contributed by atoms with van der Waals surface area (Å²) in [5, 5.41) is 2.21. The number of ketones is 1. The van der Waals surface area contributed by atoms with Gasteiger partial charge < -0.3 is 15.0 Å². The van der Waals surface area contributed by atoms with Crippen LogP contribution in [0.1, 0.15) is 16.9 Å². The van der Waals surface area contributed by atoms with Crippen LogP contribution in [0.15, 0.2) is 47.5 Å². The van der Waals surface area contributed by atoms with E-state index in [1.165, 1.54) is 11.8 Å². The van der Waals surface area contributed by atoms with Crippen molar-refractivity contribution in [1.29, 1.82) is 0 Å². The van der Waals surface area contributed by atoms with Crippen molar-refractivity contribution in [3.63, 3.8) is 0 Å². The molecule has 0 bridgehead atoms. The van der Waals surface area contributed by atoms with Gasteiger partial charge in [0.2, 0.25) is 11.7 Å². The van der Waals surface area contributed by atoms with Crippen LogP contribution in [0.5, 0.6) is 0 Å². The molecule has 0 spiro atoms. The van der Waals surface area contributed by atoms with E-state index in [0.29, 0.717) is 5.69 Å². The lowest BCUT2D eigenvalue weighted by atomic mass is 10.2. The number of H-pyrrole nitrogens is 1. The van der Waals surface area contributed by atoms with E-state index in [4.69, 9.17) is 4.74 Å². The molecule has 6 nitrogen and oxygen atoms in total. The number of aromatic amines is 1. The number of hydrogen-bond donors (Lipinski definition) is 2. The van der Waals surface area contributed by atoms with Gasteiger partial charge in [-0.25, -0.2) is 0 Å². The smallest absolute Gasteiger partial charge is 0.307 e. The lowest BCUT2D eigenvalue weighted by Crippen LogP contribution is -2.31. The Balaban J connectivity index is 1.54. The summed E-state index contributed by atoms with van der Waals surface area (Å²) in [7, 11) is 0. The molecule has 0 unspecified atom stereocenters. The van der Waals surface area contributed by atoms with Crippen molar-refractivity contribution >= 4 is 35.1 Å². The van der Waals surface area contributed by atoms with E-state index in [9.17, 15) is 14.4 Å². The summed E-state index contributed by atoms with van der Waals surface area (Å²) in [6, 6.07) is 10.7. The Morgan fingerprint density at radius 3 is 2.78 bits per heavy atom. The van der Waals surface area contributed by atoms with Gasteiger partial charge in [0, 0.05) is 11.1 Å². The van der Waals surface area contributed by atoms with Gasteiger partial charge in [-0.2, -0.15) is 0 Å². The molecule has 7 heteroatoms. The number of nitrogens with one attached hydrogen (secondary N) is 2. The van der Waals surface area contributed by atoms with Crippen molar-refractivity contribution in [2.75, 3.05) is 11.9 Å². The van der Waals surface area contributed by atoms with E-state index in [2.05, 4.69) is 10.3 Å². The van der Waals surface area contributed by atoms with Gasteiger partial charge in [-0.15, -0.1) is 11.8 Å². The minimum atomic E-state index is -0.572. The van der Waals surface area contributed by atoms with Crippen molar-refractivity contribution < 1.29 is 19.1 Å². The molecule has 0 saturated carbocycles. The summed E-state index contributed by atoms with van der Waals surface area (Å²) in [6.45, 7) is -0.338. The minimum Gasteiger partial charge on any atom is -0.457 e. The summed E-state index contributed by atoms with van der Waals surface area (Å²) in [5.41, 5.74) is 1.13. The van der Waals surface area contributed by atoms with Crippen molar-refractivity contribution in [1.82, 2.24) is 4.98 Å². The average Bonchev–Trinajstić information content (AvgIpc) is 3.08. The fraction of sp³-hybridized carbons (Fsp3) is 0.188. The van der Waals surface area contributed by atoms with Gasteiger partial charge in [0.1, 0.15) is 0 Å². The first-order chi connectivity index (χ1) is 11.1. The molecule has 1 aliphatic rings. The summed E-state index contributed by atoms with van der Waals surface area (Å²) in [6.07, 6.45) is 1.54. The van der Waals surface area contributed by atoms with Gasteiger partial charge in [-0.05, 0) is 24.3 Å². The number of carbonyl (C=O) groups excluding carboxylic acids is 3. The second kappa shape index (κ2) is 6.70. The number of rotatable bonds is 5. The number of anilines is 1. The Morgan fingerprint density at radius 1 is 1.17 bits per heavy atom. The molecule has 0 fully saturated rings. The van der Waals surface area contributed by atoms with Gasteiger partial charge in [0.15, 0.2) is 6.61 Å². The van der Waals surface area contributed by atoms with E-state index in [1.807, 2.05) is 24.3 Å². The molecule has 2 N–H and O–H groups in total. The van der Waals surface area contributed by atoms with Gasteiger partial charge in [-0.3, -0.25) is 14.4 Å². The number of thioether (sulfide) groups is 1. The highest BCUT2D eigenvalue weighted by molar-refractivity contribution is 8.01. The van der Waals surface area contributed by atoms with E-state index >= 15 is 0 Å². The number of Topliss-reactive ketones (excluding diaryl/α,β-unsaturated/α-hetero) is 1. The summed E-state index contributed by atoms with van der Waals surface area (Å²) < 4.78 is 4.96. The van der Waals surface area contributed by atoms with E-state index in [0.717, 1.165) is 10.6 Å². The minimum absolute atomic E-state index is 0.0805. The molecule has 23 heavy (non-hydrogen) atoms. The first-order valence-corrected chi connectivity index (χ1v) is 7.90. The van der Waals surface area contributed by atoms with Crippen LogP contribution in [-0.2, 0) is 14.3 Å². The van der Waals surface area contributed by atoms with Crippen molar-refractivity contribution in [3.8, 4) is 0 Å². The maximum absolute atomic E-state index is 12.0. The third-order valence-electron chi connectivity index (χ3n) is 3.32. The van der Waals surface area contributed by atoms with Crippen LogP contribution in [0.2, 0.25) is 0 Å². The van der Waals surface area contributed by atoms with Crippen LogP contribution in [0.25, 0.3) is 0 Å². The lowest BCUT2D eigenvalue weighted by Gasteiger charge is -2.23. The number of esters is 1. The number of aromatic nitrogens is 1. The Morgan fingerprint density at radius 2 is 2.00 bits per heavy atom. The number of hydrogen-bond acceptors (Lipinski definition) is 5. The molecular formula is C16H14N2O4S. The van der Waals surface area contributed by atoms with Crippen molar-refractivity contribution in [2.45, 2.75) is 16.6 Å². The lowest BCUT2D eigenvalue weighted by molar-refractivity contribution is -0.143. The van der Waals surface area contributed by atoms with E-state index in [1.54, 1.807) is 18.3 Å². The molecule has 2 aromatic rings. The normalized spacial score (nSPS) is 16.3. The van der Waals surface area contributed by atoms with Crippen molar-refractivity contribution in [3.05, 3.63) is 48.3 Å². The number of carbonyl (C=O) groups is 3. The maximum atomic E-state index is 12.0. The molecule has 1 aromatic heterocycles. The number of benzene rings is 1. The second-order valence-electron chi connectivity index (χ2n) is 4.96. The highest BCUT2D eigenvalue weighted by Gasteiger charge is 2.29. The number of fused-ring (bicyclic) bond motifs is 1. The zero-order valence-electron chi connectivity index (χ0n) is 12.1. The first-order valence-electron chi connectivity index (χ1n) is 7.02. The van der Waals surface area contributed by atoms with Gasteiger partial charge in [0.05, 0.1) is 23.1 Å². The highest BCUT2D eigenvalue weighted by Crippen LogP contribution is 2.36. The topological polar surface area (TPSA) is 88.3 Å². The van der Waals surface area contributed by atoms with Crippen molar-refractivity contribution in [2.24, 2.45) is 0 Å². The fourth-order valence-corrected chi connectivity index (χ4v) is 3.26.